The number of hydrogen-bond donors (Lipinski definition) is 0. The van der Waals surface area contributed by atoms with Crippen molar-refractivity contribution in [1.82, 2.24) is 0 Å². The topological polar surface area (TPSA) is 61.6 Å². The summed E-state index contributed by atoms with van der Waals surface area (Å²) in [6, 6.07) is 3.21. The summed E-state index contributed by atoms with van der Waals surface area (Å²) in [4.78, 5) is 10.4. The third-order valence-electron chi connectivity index (χ3n) is 3.21. The molecule has 0 aliphatic carbocycles. The van der Waals surface area contributed by atoms with E-state index in [1.54, 1.807) is 19.1 Å². The van der Waals surface area contributed by atoms with Crippen LogP contribution < -0.4 is 4.74 Å². The van der Waals surface area contributed by atoms with Gasteiger partial charge in [0.2, 0.25) is 12.3 Å². The van der Waals surface area contributed by atoms with Crippen LogP contribution >= 0.6 is 23.2 Å². The molecule has 1 aliphatic rings. The second kappa shape index (κ2) is 5.15. The third-order valence-corrected chi connectivity index (χ3v) is 3.71. The van der Waals surface area contributed by atoms with Gasteiger partial charge in [0.1, 0.15) is 5.75 Å². The molecule has 1 aromatic rings. The number of ether oxygens (including phenoxy) is 2. The molecule has 19 heavy (non-hydrogen) atoms. The number of nitro groups is 1. The van der Waals surface area contributed by atoms with Crippen molar-refractivity contribution in [3.05, 3.63) is 37.9 Å². The molecule has 1 aromatic carbocycles. The molecule has 0 fully saturated rings. The Bertz CT molecular complexity index is 523. The van der Waals surface area contributed by atoms with Crippen LogP contribution in [0.15, 0.2) is 12.1 Å². The lowest BCUT2D eigenvalue weighted by Gasteiger charge is -2.37. The monoisotopic (exact) mass is 305 g/mol. The van der Waals surface area contributed by atoms with Gasteiger partial charge in [-0.15, -0.1) is 0 Å². The fourth-order valence-electron chi connectivity index (χ4n) is 2.27. The predicted octanol–water partition coefficient (Wildman–Crippen LogP) is 3.50. The van der Waals surface area contributed by atoms with E-state index < -0.39 is 5.79 Å². The van der Waals surface area contributed by atoms with Crippen LogP contribution in [0, 0.1) is 10.1 Å². The number of hydrogen-bond acceptors (Lipinski definition) is 4. The standard InChI is InChI=1S/C12H13Cl2NO4/c1-12(18-2)5-7(6-15(16)17)9-3-8(13)4-10(14)11(9)19-12/h3-4,7H,5-6H2,1-2H3/t7-,12+/m1/s1. The lowest BCUT2D eigenvalue weighted by atomic mass is 9.88. The van der Waals surface area contributed by atoms with Gasteiger partial charge >= 0.3 is 0 Å². The summed E-state index contributed by atoms with van der Waals surface area (Å²) < 4.78 is 11.0. The van der Waals surface area contributed by atoms with Gasteiger partial charge in [-0.25, -0.2) is 0 Å². The Morgan fingerprint density at radius 2 is 2.26 bits per heavy atom. The first-order chi connectivity index (χ1) is 8.84. The Morgan fingerprint density at radius 1 is 1.58 bits per heavy atom. The lowest BCUT2D eigenvalue weighted by Crippen LogP contribution is -2.41. The summed E-state index contributed by atoms with van der Waals surface area (Å²) in [5.41, 5.74) is 0.656. The van der Waals surface area contributed by atoms with Gasteiger partial charge in [-0.2, -0.15) is 0 Å². The molecular weight excluding hydrogens is 293 g/mol. The molecule has 104 valence electrons. The highest BCUT2D eigenvalue weighted by Crippen LogP contribution is 2.46. The van der Waals surface area contributed by atoms with E-state index in [0.29, 0.717) is 27.8 Å². The quantitative estimate of drug-likeness (QED) is 0.633. The van der Waals surface area contributed by atoms with E-state index in [0.717, 1.165) is 0 Å². The Hall–Kier alpha value is -1.04. The van der Waals surface area contributed by atoms with Crippen LogP contribution in [0.4, 0.5) is 0 Å². The van der Waals surface area contributed by atoms with Crippen LogP contribution in [0.25, 0.3) is 0 Å². The van der Waals surface area contributed by atoms with E-state index in [2.05, 4.69) is 0 Å². The second-order valence-electron chi connectivity index (χ2n) is 4.66. The molecule has 2 rings (SSSR count). The number of nitrogens with zero attached hydrogens (tertiary/aromatic N) is 1. The fraction of sp³-hybridized carbons (Fsp3) is 0.500. The van der Waals surface area contributed by atoms with Crippen LogP contribution in [0.2, 0.25) is 10.0 Å². The highest BCUT2D eigenvalue weighted by molar-refractivity contribution is 6.35. The predicted molar refractivity (Wildman–Crippen MR) is 71.7 cm³/mol. The zero-order valence-corrected chi connectivity index (χ0v) is 12.0. The first kappa shape index (κ1) is 14.4. The normalized spacial score (nSPS) is 25.6. The molecule has 2 atom stereocenters. The Balaban J connectivity index is 2.49. The van der Waals surface area contributed by atoms with Crippen molar-refractivity contribution >= 4 is 23.2 Å². The van der Waals surface area contributed by atoms with Gasteiger partial charge in [0.25, 0.3) is 0 Å². The number of rotatable bonds is 3. The van der Waals surface area contributed by atoms with E-state index in [4.69, 9.17) is 32.7 Å². The minimum absolute atomic E-state index is 0.216. The maximum atomic E-state index is 10.8. The summed E-state index contributed by atoms with van der Waals surface area (Å²) in [7, 11) is 1.50. The van der Waals surface area contributed by atoms with Gasteiger partial charge in [-0.05, 0) is 12.1 Å². The number of methoxy groups -OCH3 is 1. The first-order valence-electron chi connectivity index (χ1n) is 5.69. The van der Waals surface area contributed by atoms with Crippen molar-refractivity contribution in [2.24, 2.45) is 0 Å². The SMILES string of the molecule is CO[C@]1(C)C[C@H](C[N+](=O)[O-])c2cc(Cl)cc(Cl)c2O1. The van der Waals surface area contributed by atoms with Gasteiger partial charge in [0.05, 0.1) is 10.9 Å². The molecule has 0 saturated carbocycles. The van der Waals surface area contributed by atoms with Crippen molar-refractivity contribution < 1.29 is 14.4 Å². The van der Waals surface area contributed by atoms with Crippen molar-refractivity contribution in [2.45, 2.75) is 25.0 Å². The average Bonchev–Trinajstić information content (AvgIpc) is 2.30. The summed E-state index contributed by atoms with van der Waals surface area (Å²) in [6.45, 7) is 1.51. The minimum Gasteiger partial charge on any atom is -0.461 e. The number of fused-ring (bicyclic) bond motifs is 1. The molecular formula is C12H13Cl2NO4. The molecule has 0 amide bonds. The van der Waals surface area contributed by atoms with Crippen LogP contribution in [0.3, 0.4) is 0 Å². The molecule has 1 heterocycles. The fourth-order valence-corrected chi connectivity index (χ4v) is 2.82. The van der Waals surface area contributed by atoms with E-state index in [1.165, 1.54) is 7.11 Å². The molecule has 0 bridgehead atoms. The van der Waals surface area contributed by atoms with Crippen molar-refractivity contribution in [1.29, 1.82) is 0 Å². The molecule has 0 aromatic heterocycles. The zero-order valence-electron chi connectivity index (χ0n) is 10.5. The first-order valence-corrected chi connectivity index (χ1v) is 6.45. The van der Waals surface area contributed by atoms with Gasteiger partial charge < -0.3 is 9.47 Å². The van der Waals surface area contributed by atoms with E-state index >= 15 is 0 Å². The van der Waals surface area contributed by atoms with Gasteiger partial charge in [-0.3, -0.25) is 10.1 Å². The van der Waals surface area contributed by atoms with Crippen LogP contribution in [-0.2, 0) is 4.74 Å². The van der Waals surface area contributed by atoms with Crippen molar-refractivity contribution in [3.63, 3.8) is 0 Å². The Morgan fingerprint density at radius 3 is 2.84 bits per heavy atom. The van der Waals surface area contributed by atoms with Gasteiger partial charge in [-0.1, -0.05) is 23.2 Å². The van der Waals surface area contributed by atoms with Crippen molar-refractivity contribution in [2.75, 3.05) is 13.7 Å². The molecule has 1 aliphatic heterocycles. The third kappa shape index (κ3) is 2.94. The van der Waals surface area contributed by atoms with E-state index in [1.807, 2.05) is 0 Å². The van der Waals surface area contributed by atoms with Crippen LogP contribution in [-0.4, -0.2) is 24.4 Å². The molecule has 0 radical (unpaired) electrons. The summed E-state index contributed by atoms with van der Waals surface area (Å²) in [5, 5.41) is 11.6. The minimum atomic E-state index is -0.925. The Labute approximate surface area is 120 Å². The summed E-state index contributed by atoms with van der Waals surface area (Å²) in [5.74, 6) is -0.862. The molecule has 0 spiro atoms. The summed E-state index contributed by atoms with van der Waals surface area (Å²) in [6.07, 6.45) is 0.369. The number of benzene rings is 1. The van der Waals surface area contributed by atoms with Gasteiger partial charge in [0, 0.05) is 36.0 Å². The summed E-state index contributed by atoms with van der Waals surface area (Å²) >= 11 is 12.0. The van der Waals surface area contributed by atoms with Crippen molar-refractivity contribution in [3.8, 4) is 5.75 Å². The van der Waals surface area contributed by atoms with Gasteiger partial charge in [0.15, 0.2) is 0 Å². The molecule has 0 saturated heterocycles. The lowest BCUT2D eigenvalue weighted by molar-refractivity contribution is -0.485. The smallest absolute Gasteiger partial charge is 0.211 e. The molecule has 5 nitrogen and oxygen atoms in total. The highest BCUT2D eigenvalue weighted by atomic mass is 35.5. The second-order valence-corrected chi connectivity index (χ2v) is 5.51. The average molecular weight is 306 g/mol. The maximum Gasteiger partial charge on any atom is 0.211 e. The van der Waals surface area contributed by atoms with Crippen LogP contribution in [0.1, 0.15) is 24.8 Å². The number of halogens is 2. The molecule has 0 N–H and O–H groups in total. The highest BCUT2D eigenvalue weighted by Gasteiger charge is 2.40. The maximum absolute atomic E-state index is 10.8. The molecule has 0 unspecified atom stereocenters. The van der Waals surface area contributed by atoms with E-state index in [9.17, 15) is 10.1 Å². The molecule has 7 heteroatoms. The largest absolute Gasteiger partial charge is 0.461 e. The van der Waals surface area contributed by atoms with E-state index in [-0.39, 0.29) is 17.4 Å². The Kier molecular flexibility index (Phi) is 3.90. The zero-order chi connectivity index (χ0) is 14.2. The van der Waals surface area contributed by atoms with Crippen LogP contribution in [0.5, 0.6) is 5.75 Å².